The van der Waals surface area contributed by atoms with E-state index < -0.39 is 28.4 Å². The number of ether oxygens (including phenoxy) is 1. The number of hydrogen-bond donors (Lipinski definition) is 2. The van der Waals surface area contributed by atoms with Gasteiger partial charge in [0.25, 0.3) is 5.91 Å². The first kappa shape index (κ1) is 17.1. The second-order valence-electron chi connectivity index (χ2n) is 4.19. The quantitative estimate of drug-likeness (QED) is 0.684. The van der Waals surface area contributed by atoms with Gasteiger partial charge in [0.1, 0.15) is 17.2 Å². The molecule has 1 aromatic heterocycles. The second kappa shape index (κ2) is 6.70. The second-order valence-corrected chi connectivity index (χ2v) is 5.72. The summed E-state index contributed by atoms with van der Waals surface area (Å²) in [4.78, 5) is 23.6. The zero-order valence-electron chi connectivity index (χ0n) is 11.5. The Kier molecular flexibility index (Phi) is 5.47. The number of rotatable bonds is 7. The van der Waals surface area contributed by atoms with Gasteiger partial charge in [0.2, 0.25) is 10.0 Å². The number of amides is 1. The Labute approximate surface area is 121 Å². The van der Waals surface area contributed by atoms with Gasteiger partial charge in [-0.05, 0) is 6.92 Å². The molecule has 0 bridgehead atoms. The molecule has 0 unspecified atom stereocenters. The molecule has 10 heteroatoms. The molecule has 0 spiro atoms. The summed E-state index contributed by atoms with van der Waals surface area (Å²) < 4.78 is 32.4. The zero-order chi connectivity index (χ0) is 16.2. The Morgan fingerprint density at radius 3 is 2.52 bits per heavy atom. The van der Waals surface area contributed by atoms with Crippen LogP contribution in [0.5, 0.6) is 0 Å². The fraction of sp³-hybridized carbons (Fsp3) is 0.455. The summed E-state index contributed by atoms with van der Waals surface area (Å²) >= 11 is 0. The Balaban J connectivity index is 3.06. The number of carbonyl (C=O) groups is 2. The van der Waals surface area contributed by atoms with E-state index in [1.54, 1.807) is 0 Å². The number of furan rings is 1. The molecule has 1 aromatic rings. The highest BCUT2D eigenvalue weighted by Gasteiger charge is 2.25. The minimum absolute atomic E-state index is 0.0199. The number of carboxylic acids is 1. The van der Waals surface area contributed by atoms with E-state index in [4.69, 9.17) is 19.4 Å². The summed E-state index contributed by atoms with van der Waals surface area (Å²) in [6, 6.07) is 0.981. The molecule has 9 nitrogen and oxygen atoms in total. The van der Waals surface area contributed by atoms with E-state index >= 15 is 0 Å². The van der Waals surface area contributed by atoms with Crippen LogP contribution in [0.4, 0.5) is 0 Å². The normalized spacial score (nSPS) is 11.4. The molecule has 1 rings (SSSR count). The Hall–Kier alpha value is -1.91. The summed E-state index contributed by atoms with van der Waals surface area (Å²) in [7, 11) is -2.62. The predicted octanol–water partition coefficient (Wildman–Crippen LogP) is -0.591. The molecule has 118 valence electrons. The van der Waals surface area contributed by atoms with Crippen molar-refractivity contribution in [3.63, 3.8) is 0 Å². The highest BCUT2D eigenvalue weighted by molar-refractivity contribution is 7.89. The molecule has 0 saturated heterocycles. The van der Waals surface area contributed by atoms with E-state index in [-0.39, 0.29) is 29.6 Å². The lowest BCUT2D eigenvalue weighted by Gasteiger charge is -2.18. The molecule has 0 aliphatic rings. The summed E-state index contributed by atoms with van der Waals surface area (Å²) in [6.07, 6.45) is 0. The molecule has 0 atom stereocenters. The van der Waals surface area contributed by atoms with E-state index in [1.807, 2.05) is 0 Å². The molecule has 3 N–H and O–H groups in total. The molecule has 0 aliphatic heterocycles. The molecule has 21 heavy (non-hydrogen) atoms. The van der Waals surface area contributed by atoms with E-state index in [1.165, 1.54) is 14.0 Å². The van der Waals surface area contributed by atoms with E-state index in [9.17, 15) is 18.0 Å². The van der Waals surface area contributed by atoms with Crippen molar-refractivity contribution < 1.29 is 32.3 Å². The van der Waals surface area contributed by atoms with Crippen molar-refractivity contribution in [3.05, 3.63) is 17.6 Å². The SMILES string of the molecule is COCCN(CC(=O)O)C(=O)c1cc(S(N)(=O)=O)c(C)o1. The van der Waals surface area contributed by atoms with Crippen LogP contribution >= 0.6 is 0 Å². The number of hydrogen-bond acceptors (Lipinski definition) is 6. The lowest BCUT2D eigenvalue weighted by molar-refractivity contribution is -0.137. The number of aryl methyl sites for hydroxylation is 1. The van der Waals surface area contributed by atoms with E-state index in [0.29, 0.717) is 0 Å². The number of carbonyl (C=O) groups excluding carboxylic acids is 1. The van der Waals surface area contributed by atoms with Crippen LogP contribution in [0, 0.1) is 6.92 Å². The zero-order valence-corrected chi connectivity index (χ0v) is 12.3. The van der Waals surface area contributed by atoms with Crippen molar-refractivity contribution in [3.8, 4) is 0 Å². The summed E-state index contributed by atoms with van der Waals surface area (Å²) in [5.41, 5.74) is 0. The smallest absolute Gasteiger partial charge is 0.323 e. The summed E-state index contributed by atoms with van der Waals surface area (Å²) in [5.74, 6) is -2.31. The third-order valence-corrected chi connectivity index (χ3v) is 3.59. The van der Waals surface area contributed by atoms with E-state index in [2.05, 4.69) is 0 Å². The van der Waals surface area contributed by atoms with Gasteiger partial charge in [0.05, 0.1) is 6.61 Å². The number of carboxylic acid groups (broad SMARTS) is 1. The fourth-order valence-corrected chi connectivity index (χ4v) is 2.34. The van der Waals surface area contributed by atoms with Gasteiger partial charge >= 0.3 is 5.97 Å². The third kappa shape index (κ3) is 4.55. The third-order valence-electron chi connectivity index (χ3n) is 2.57. The number of aliphatic carboxylic acids is 1. The van der Waals surface area contributed by atoms with Gasteiger partial charge in [-0.2, -0.15) is 0 Å². The Morgan fingerprint density at radius 1 is 1.48 bits per heavy atom. The highest BCUT2D eigenvalue weighted by atomic mass is 32.2. The molecular weight excluding hydrogens is 304 g/mol. The monoisotopic (exact) mass is 320 g/mol. The van der Waals surface area contributed by atoms with Gasteiger partial charge in [0.15, 0.2) is 5.76 Å². The maximum atomic E-state index is 12.2. The van der Waals surface area contributed by atoms with Gasteiger partial charge < -0.3 is 19.2 Å². The number of methoxy groups -OCH3 is 1. The average Bonchev–Trinajstić information content (AvgIpc) is 2.75. The van der Waals surface area contributed by atoms with Crippen LogP contribution in [0.3, 0.4) is 0 Å². The summed E-state index contributed by atoms with van der Waals surface area (Å²) in [5, 5.41) is 13.8. The number of nitrogens with two attached hydrogens (primary N) is 1. The summed E-state index contributed by atoms with van der Waals surface area (Å²) in [6.45, 7) is 0.923. The minimum Gasteiger partial charge on any atom is -0.480 e. The molecule has 0 aliphatic carbocycles. The van der Waals surface area contributed by atoms with Crippen LogP contribution in [-0.4, -0.2) is 57.1 Å². The molecule has 1 amide bonds. The number of nitrogens with zero attached hydrogens (tertiary/aromatic N) is 1. The van der Waals surface area contributed by atoms with Crippen molar-refractivity contribution in [2.24, 2.45) is 5.14 Å². The lowest BCUT2D eigenvalue weighted by atomic mass is 10.3. The molecular formula is C11H16N2O7S. The lowest BCUT2D eigenvalue weighted by Crippen LogP contribution is -2.37. The van der Waals surface area contributed by atoms with Gasteiger partial charge in [-0.3, -0.25) is 9.59 Å². The Morgan fingerprint density at radius 2 is 2.10 bits per heavy atom. The van der Waals surface area contributed by atoms with Gasteiger partial charge in [0, 0.05) is 19.7 Å². The first-order chi connectivity index (χ1) is 9.66. The van der Waals surface area contributed by atoms with Crippen LogP contribution in [0.25, 0.3) is 0 Å². The van der Waals surface area contributed by atoms with Crippen molar-refractivity contribution in [2.75, 3.05) is 26.8 Å². The van der Waals surface area contributed by atoms with Crippen LogP contribution in [-0.2, 0) is 19.6 Å². The maximum absolute atomic E-state index is 12.2. The number of sulfonamides is 1. The van der Waals surface area contributed by atoms with Crippen LogP contribution in [0.1, 0.15) is 16.3 Å². The maximum Gasteiger partial charge on any atom is 0.323 e. The topological polar surface area (TPSA) is 140 Å². The van der Waals surface area contributed by atoms with E-state index in [0.717, 1.165) is 11.0 Å². The predicted molar refractivity (Wildman–Crippen MR) is 70.2 cm³/mol. The first-order valence-corrected chi connectivity index (χ1v) is 7.34. The molecule has 0 aromatic carbocycles. The van der Waals surface area contributed by atoms with Crippen molar-refractivity contribution >= 4 is 21.9 Å². The molecule has 0 saturated carbocycles. The largest absolute Gasteiger partial charge is 0.480 e. The van der Waals surface area contributed by atoms with Gasteiger partial charge in [-0.1, -0.05) is 0 Å². The van der Waals surface area contributed by atoms with Gasteiger partial charge in [-0.25, -0.2) is 13.6 Å². The minimum atomic E-state index is -4.02. The first-order valence-electron chi connectivity index (χ1n) is 5.80. The molecule has 0 radical (unpaired) electrons. The molecule has 0 fully saturated rings. The Bertz CT molecular complexity index is 635. The average molecular weight is 320 g/mol. The van der Waals surface area contributed by atoms with Crippen LogP contribution in [0.15, 0.2) is 15.4 Å². The van der Waals surface area contributed by atoms with Crippen molar-refractivity contribution in [1.82, 2.24) is 4.90 Å². The highest BCUT2D eigenvalue weighted by Crippen LogP contribution is 2.20. The number of primary sulfonamides is 1. The van der Waals surface area contributed by atoms with Crippen molar-refractivity contribution in [1.29, 1.82) is 0 Å². The van der Waals surface area contributed by atoms with Crippen LogP contribution < -0.4 is 5.14 Å². The standard InChI is InChI=1S/C11H16N2O7S/c1-7-9(21(12,17)18)5-8(20-7)11(16)13(3-4-19-2)6-10(14)15/h5H,3-4,6H2,1-2H3,(H,14,15)(H2,12,17,18). The molecule has 1 heterocycles. The van der Waals surface area contributed by atoms with Crippen molar-refractivity contribution in [2.45, 2.75) is 11.8 Å². The fourth-order valence-electron chi connectivity index (χ4n) is 1.63. The van der Waals surface area contributed by atoms with Gasteiger partial charge in [-0.15, -0.1) is 0 Å². The van der Waals surface area contributed by atoms with Crippen LogP contribution in [0.2, 0.25) is 0 Å².